The summed E-state index contributed by atoms with van der Waals surface area (Å²) in [6.45, 7) is 11.2. The summed E-state index contributed by atoms with van der Waals surface area (Å²) in [5.74, 6) is 0.718. The lowest BCUT2D eigenvalue weighted by atomic mass is 9.63. The molecule has 3 aliphatic rings. The van der Waals surface area contributed by atoms with E-state index in [1.54, 1.807) is 37.4 Å². The highest BCUT2D eigenvalue weighted by Crippen LogP contribution is 2.54. The first kappa shape index (κ1) is 30.1. The number of benzene rings is 2. The second-order valence-corrected chi connectivity index (χ2v) is 13.9. The average Bonchev–Trinajstić information content (AvgIpc) is 2.90. The van der Waals surface area contributed by atoms with Crippen LogP contribution in [0.1, 0.15) is 71.8 Å². The molecule has 1 amide bonds. The second-order valence-electron chi connectivity index (χ2n) is 13.0. The molecule has 2 aromatic rings. The summed E-state index contributed by atoms with van der Waals surface area (Å²) in [5, 5.41) is 2.81. The Kier molecular flexibility index (Phi) is 8.14. The summed E-state index contributed by atoms with van der Waals surface area (Å²) in [7, 11) is 1.59. The smallest absolute Gasteiger partial charge is 0.262 e. The number of ether oxygens (including phenoxy) is 2. The summed E-state index contributed by atoms with van der Waals surface area (Å²) in [6.07, 6.45) is 2.48. The highest BCUT2D eigenvalue weighted by Gasteiger charge is 2.48. The van der Waals surface area contributed by atoms with Crippen LogP contribution in [0.15, 0.2) is 69.5 Å². The summed E-state index contributed by atoms with van der Waals surface area (Å²) in [4.78, 5) is 42.4. The van der Waals surface area contributed by atoms with Gasteiger partial charge in [0, 0.05) is 53.5 Å². The van der Waals surface area contributed by atoms with Crippen molar-refractivity contribution in [2.75, 3.05) is 25.6 Å². The van der Waals surface area contributed by atoms with E-state index < -0.39 is 5.92 Å². The molecular formula is C34H39BrN2O5. The molecule has 0 unspecified atom stereocenters. The van der Waals surface area contributed by atoms with Crippen molar-refractivity contribution in [2.24, 2.45) is 10.8 Å². The lowest BCUT2D eigenvalue weighted by Gasteiger charge is -2.48. The van der Waals surface area contributed by atoms with Crippen LogP contribution in [-0.2, 0) is 14.4 Å². The molecule has 0 atom stereocenters. The zero-order valence-corrected chi connectivity index (χ0v) is 26.8. The van der Waals surface area contributed by atoms with Gasteiger partial charge in [0.05, 0.1) is 11.6 Å². The number of carbonyl (C=O) groups is 3. The minimum Gasteiger partial charge on any atom is -0.497 e. The number of rotatable bonds is 7. The largest absolute Gasteiger partial charge is 0.497 e. The predicted molar refractivity (Wildman–Crippen MR) is 166 cm³/mol. The predicted octanol–water partition coefficient (Wildman–Crippen LogP) is 7.18. The number of hydrogen-bond donors (Lipinski definition) is 1. The van der Waals surface area contributed by atoms with Crippen LogP contribution >= 0.6 is 15.9 Å². The summed E-state index contributed by atoms with van der Waals surface area (Å²) >= 11 is 3.63. The highest BCUT2D eigenvalue weighted by molar-refractivity contribution is 9.10. The first-order valence-corrected chi connectivity index (χ1v) is 15.3. The average molecular weight is 636 g/mol. The van der Waals surface area contributed by atoms with Crippen LogP contribution in [0.25, 0.3) is 0 Å². The lowest BCUT2D eigenvalue weighted by molar-refractivity contribution is -0.120. The van der Waals surface area contributed by atoms with Crippen molar-refractivity contribution in [1.29, 1.82) is 0 Å². The van der Waals surface area contributed by atoms with Crippen molar-refractivity contribution in [3.8, 4) is 11.5 Å². The number of methoxy groups -OCH3 is 1. The van der Waals surface area contributed by atoms with Crippen LogP contribution in [0.3, 0.4) is 0 Å². The van der Waals surface area contributed by atoms with E-state index in [4.69, 9.17) is 9.47 Å². The SMILES string of the molecule is CCN1C2=C(C(=O)CC(C)(C)C2)C(c2ccc(OCC(=O)Nc3ccc(OC)cc3)c(Br)c2)C2=C1CC(C)(C)CC2=O. The van der Waals surface area contributed by atoms with E-state index in [2.05, 4.69) is 60.8 Å². The van der Waals surface area contributed by atoms with Gasteiger partial charge in [-0.2, -0.15) is 0 Å². The molecule has 2 aliphatic carbocycles. The van der Waals surface area contributed by atoms with Crippen LogP contribution in [0.4, 0.5) is 5.69 Å². The number of carbonyl (C=O) groups excluding carboxylic acids is 3. The number of anilines is 1. The quantitative estimate of drug-likeness (QED) is 0.347. The molecule has 7 nitrogen and oxygen atoms in total. The van der Waals surface area contributed by atoms with E-state index >= 15 is 0 Å². The Labute approximate surface area is 256 Å². The molecule has 0 bridgehead atoms. The number of nitrogens with zero attached hydrogens (tertiary/aromatic N) is 1. The van der Waals surface area contributed by atoms with Crippen LogP contribution in [0, 0.1) is 10.8 Å². The molecular weight excluding hydrogens is 596 g/mol. The molecule has 42 heavy (non-hydrogen) atoms. The molecule has 5 rings (SSSR count). The first-order valence-electron chi connectivity index (χ1n) is 14.5. The molecule has 2 aromatic carbocycles. The van der Waals surface area contributed by atoms with Crippen molar-refractivity contribution < 1.29 is 23.9 Å². The third-order valence-electron chi connectivity index (χ3n) is 8.36. The lowest BCUT2D eigenvalue weighted by Crippen LogP contribution is -2.44. The van der Waals surface area contributed by atoms with Crippen LogP contribution in [0.5, 0.6) is 11.5 Å². The third kappa shape index (κ3) is 5.91. The first-order chi connectivity index (χ1) is 19.8. The van der Waals surface area contributed by atoms with Gasteiger partial charge in [-0.15, -0.1) is 0 Å². The summed E-state index contributed by atoms with van der Waals surface area (Å²) < 4.78 is 11.7. The Morgan fingerprint density at radius 2 is 1.50 bits per heavy atom. The Morgan fingerprint density at radius 3 is 2.00 bits per heavy atom. The van der Waals surface area contributed by atoms with Gasteiger partial charge in [0.1, 0.15) is 11.5 Å². The van der Waals surface area contributed by atoms with Gasteiger partial charge in [-0.25, -0.2) is 0 Å². The van der Waals surface area contributed by atoms with E-state index in [-0.39, 0.29) is 34.9 Å². The van der Waals surface area contributed by atoms with Crippen molar-refractivity contribution in [3.05, 3.63) is 75.0 Å². The Balaban J connectivity index is 1.45. The van der Waals surface area contributed by atoms with E-state index in [9.17, 15) is 14.4 Å². The summed E-state index contributed by atoms with van der Waals surface area (Å²) in [6, 6.07) is 12.7. The van der Waals surface area contributed by atoms with E-state index in [0.717, 1.165) is 40.9 Å². The van der Waals surface area contributed by atoms with Crippen molar-refractivity contribution >= 4 is 39.1 Å². The fourth-order valence-corrected chi connectivity index (χ4v) is 7.10. The maximum atomic E-state index is 13.8. The van der Waals surface area contributed by atoms with Crippen molar-refractivity contribution in [2.45, 2.75) is 66.2 Å². The minimum absolute atomic E-state index is 0.112. The molecule has 0 fully saturated rings. The molecule has 222 valence electrons. The van der Waals surface area contributed by atoms with Crippen molar-refractivity contribution in [1.82, 2.24) is 4.90 Å². The number of amides is 1. The Morgan fingerprint density at radius 1 is 0.929 bits per heavy atom. The zero-order valence-electron chi connectivity index (χ0n) is 25.2. The van der Waals surface area contributed by atoms with Gasteiger partial charge in [-0.05, 0) is 88.5 Å². The molecule has 8 heteroatoms. The topological polar surface area (TPSA) is 84.9 Å². The number of nitrogens with one attached hydrogen (secondary N) is 1. The fraction of sp³-hybridized carbons (Fsp3) is 0.441. The number of Topliss-reactive ketones (excluding diaryl/α,β-unsaturated/α-hetero) is 2. The molecule has 0 spiro atoms. The molecule has 0 aromatic heterocycles. The maximum Gasteiger partial charge on any atom is 0.262 e. The third-order valence-corrected chi connectivity index (χ3v) is 8.98. The second kappa shape index (κ2) is 11.4. The summed E-state index contributed by atoms with van der Waals surface area (Å²) in [5.41, 5.74) is 4.83. The van der Waals surface area contributed by atoms with E-state index in [0.29, 0.717) is 41.0 Å². The minimum atomic E-state index is -0.422. The highest BCUT2D eigenvalue weighted by atomic mass is 79.9. The van der Waals surface area contributed by atoms with Gasteiger partial charge < -0.3 is 19.7 Å². The maximum absolute atomic E-state index is 13.8. The van der Waals surface area contributed by atoms with Gasteiger partial charge in [-0.3, -0.25) is 14.4 Å². The standard InChI is InChI=1S/C34H39BrN2O5/c1-7-37-24-15-33(2,3)17-26(38)31(24)30(32-25(37)16-34(4,5)18-27(32)39)20-8-13-28(23(35)14-20)42-19-29(40)36-21-9-11-22(41-6)12-10-21/h8-14,30H,7,15-19H2,1-6H3,(H,36,40). The van der Waals surface area contributed by atoms with Gasteiger partial charge in [-0.1, -0.05) is 33.8 Å². The van der Waals surface area contributed by atoms with Gasteiger partial charge in [0.15, 0.2) is 18.2 Å². The van der Waals surface area contributed by atoms with Crippen LogP contribution in [0.2, 0.25) is 0 Å². The number of halogens is 1. The zero-order chi connectivity index (χ0) is 30.4. The molecule has 0 saturated carbocycles. The monoisotopic (exact) mass is 634 g/mol. The van der Waals surface area contributed by atoms with Crippen LogP contribution in [-0.4, -0.2) is 42.6 Å². The van der Waals surface area contributed by atoms with Crippen molar-refractivity contribution in [3.63, 3.8) is 0 Å². The number of ketones is 2. The van der Waals surface area contributed by atoms with Gasteiger partial charge in [0.25, 0.3) is 5.91 Å². The van der Waals surface area contributed by atoms with E-state index in [1.807, 2.05) is 12.1 Å². The normalized spacial score (nSPS) is 19.8. The Bertz CT molecular complexity index is 1450. The van der Waals surface area contributed by atoms with Gasteiger partial charge >= 0.3 is 0 Å². The fourth-order valence-electron chi connectivity index (χ4n) is 6.59. The molecule has 1 aliphatic heterocycles. The number of allylic oxidation sites excluding steroid dienone is 4. The van der Waals surface area contributed by atoms with Gasteiger partial charge in [0.2, 0.25) is 0 Å². The van der Waals surface area contributed by atoms with Crippen LogP contribution < -0.4 is 14.8 Å². The Hall–Kier alpha value is -3.39. The molecule has 0 radical (unpaired) electrons. The molecule has 0 saturated heterocycles. The van der Waals surface area contributed by atoms with E-state index in [1.165, 1.54) is 0 Å². The molecule has 1 N–H and O–H groups in total. The molecule has 1 heterocycles. The number of hydrogen-bond acceptors (Lipinski definition) is 6.